The molecule has 2 aliphatic rings. The lowest BCUT2D eigenvalue weighted by atomic mass is 9.76. The van der Waals surface area contributed by atoms with Crippen LogP contribution >= 0.6 is 0 Å². The number of fused-ring (bicyclic) bond motifs is 1. The zero-order valence-electron chi connectivity index (χ0n) is 14.2. The molecule has 0 bridgehead atoms. The number of benzene rings is 1. The van der Waals surface area contributed by atoms with Crippen molar-refractivity contribution in [3.8, 4) is 16.9 Å². The molecule has 4 rings (SSSR count). The number of carbonyl (C=O) groups is 1. The van der Waals surface area contributed by atoms with Crippen molar-refractivity contribution in [2.45, 2.75) is 24.8 Å². The quantitative estimate of drug-likeness (QED) is 0.855. The first-order valence-corrected chi connectivity index (χ1v) is 8.27. The van der Waals surface area contributed by atoms with E-state index in [1.165, 1.54) is 11.9 Å². The first kappa shape index (κ1) is 16.3. The molecule has 134 valence electrons. The van der Waals surface area contributed by atoms with Crippen LogP contribution in [0, 0.1) is 0 Å². The van der Waals surface area contributed by atoms with Gasteiger partial charge in [0.15, 0.2) is 0 Å². The first-order valence-electron chi connectivity index (χ1n) is 8.27. The number of aliphatic imine (C=N–C) groups is 1. The lowest BCUT2D eigenvalue weighted by Crippen LogP contribution is -2.36. The van der Waals surface area contributed by atoms with Crippen LogP contribution in [-0.2, 0) is 17.6 Å². The molecule has 1 aliphatic heterocycles. The van der Waals surface area contributed by atoms with E-state index in [1.807, 2.05) is 12.1 Å². The monoisotopic (exact) mass is 354 g/mol. The van der Waals surface area contributed by atoms with E-state index in [4.69, 9.17) is 14.6 Å². The molecule has 1 aliphatic carbocycles. The molecule has 1 aromatic carbocycles. The molecule has 2 heterocycles. The van der Waals surface area contributed by atoms with Gasteiger partial charge in [-0.1, -0.05) is 6.07 Å². The summed E-state index contributed by atoms with van der Waals surface area (Å²) in [7, 11) is 1.65. The van der Waals surface area contributed by atoms with Gasteiger partial charge in [0.05, 0.1) is 7.11 Å². The van der Waals surface area contributed by atoms with Crippen LogP contribution in [0.2, 0.25) is 0 Å². The molecule has 2 N–H and O–H groups in total. The van der Waals surface area contributed by atoms with Gasteiger partial charge in [0.1, 0.15) is 24.2 Å². The molecule has 1 spiro atoms. The molecule has 1 amide bonds. The third kappa shape index (κ3) is 2.83. The van der Waals surface area contributed by atoms with Gasteiger partial charge in [-0.3, -0.25) is 0 Å². The summed E-state index contributed by atoms with van der Waals surface area (Å²) in [4.78, 5) is 23.6. The standard InChI is InChI=1S/C18H18N4O4/c1-25-15-3-2-12(11-7-19-10-20-8-11)13-4-5-18(6-14(13)15)9-26-16(22-18)21-17(23)24/h2-3,7-8,10H,4-6,9H2,1H3,(H,21,22)(H,23,24). The second kappa shape index (κ2) is 6.29. The van der Waals surface area contributed by atoms with Gasteiger partial charge in [-0.15, -0.1) is 0 Å². The van der Waals surface area contributed by atoms with Crippen LogP contribution in [0.15, 0.2) is 35.8 Å². The number of nitrogens with zero attached hydrogens (tertiary/aromatic N) is 3. The highest BCUT2D eigenvalue weighted by molar-refractivity contribution is 5.90. The van der Waals surface area contributed by atoms with Gasteiger partial charge < -0.3 is 14.6 Å². The number of hydrogen-bond acceptors (Lipinski definition) is 6. The highest BCUT2D eigenvalue weighted by Gasteiger charge is 2.42. The number of amidine groups is 1. The van der Waals surface area contributed by atoms with E-state index in [-0.39, 0.29) is 6.02 Å². The third-order valence-corrected chi connectivity index (χ3v) is 4.86. The molecule has 0 saturated heterocycles. The van der Waals surface area contributed by atoms with Crippen molar-refractivity contribution in [2.75, 3.05) is 13.7 Å². The summed E-state index contributed by atoms with van der Waals surface area (Å²) < 4.78 is 11.0. The molecule has 1 aromatic heterocycles. The van der Waals surface area contributed by atoms with E-state index in [0.717, 1.165) is 35.3 Å². The summed E-state index contributed by atoms with van der Waals surface area (Å²) >= 11 is 0. The van der Waals surface area contributed by atoms with Gasteiger partial charge in [0.25, 0.3) is 6.02 Å². The zero-order valence-corrected chi connectivity index (χ0v) is 14.2. The molecule has 1 unspecified atom stereocenters. The first-order chi connectivity index (χ1) is 12.6. The van der Waals surface area contributed by atoms with Crippen LogP contribution in [0.1, 0.15) is 17.5 Å². The molecule has 2 aromatic rings. The summed E-state index contributed by atoms with van der Waals surface area (Å²) in [5.74, 6) is 0.800. The molecular formula is C18H18N4O4. The zero-order chi connectivity index (χ0) is 18.1. The van der Waals surface area contributed by atoms with Crippen LogP contribution in [0.5, 0.6) is 5.75 Å². The Morgan fingerprint density at radius 1 is 1.31 bits per heavy atom. The second-order valence-corrected chi connectivity index (χ2v) is 6.44. The number of methoxy groups -OCH3 is 1. The van der Waals surface area contributed by atoms with Gasteiger partial charge in [-0.05, 0) is 30.0 Å². The predicted molar refractivity (Wildman–Crippen MR) is 93.3 cm³/mol. The summed E-state index contributed by atoms with van der Waals surface area (Å²) in [6, 6.07) is 4.03. The molecule has 8 nitrogen and oxygen atoms in total. The van der Waals surface area contributed by atoms with Gasteiger partial charge in [0.2, 0.25) is 0 Å². The van der Waals surface area contributed by atoms with E-state index in [0.29, 0.717) is 13.0 Å². The normalized spacial score (nSPS) is 20.9. The van der Waals surface area contributed by atoms with E-state index < -0.39 is 11.6 Å². The minimum Gasteiger partial charge on any atom is -0.496 e. The Morgan fingerprint density at radius 3 is 2.85 bits per heavy atom. The highest BCUT2D eigenvalue weighted by atomic mass is 16.5. The van der Waals surface area contributed by atoms with Gasteiger partial charge in [0, 0.05) is 29.9 Å². The van der Waals surface area contributed by atoms with E-state index in [1.54, 1.807) is 19.5 Å². The van der Waals surface area contributed by atoms with Crippen molar-refractivity contribution >= 4 is 12.1 Å². The number of carboxylic acid groups (broad SMARTS) is 1. The molecule has 0 fully saturated rings. The number of aromatic nitrogens is 2. The maximum absolute atomic E-state index is 10.8. The molecule has 0 radical (unpaired) electrons. The maximum Gasteiger partial charge on any atom is 0.412 e. The van der Waals surface area contributed by atoms with Crippen LogP contribution in [0.25, 0.3) is 11.1 Å². The average Bonchev–Trinajstić information content (AvgIpc) is 3.02. The molecule has 8 heteroatoms. The molecular weight excluding hydrogens is 336 g/mol. The van der Waals surface area contributed by atoms with Crippen molar-refractivity contribution in [1.29, 1.82) is 0 Å². The Hall–Kier alpha value is -3.16. The number of amides is 1. The number of nitrogens with one attached hydrogen (secondary N) is 1. The fraction of sp³-hybridized carbons (Fsp3) is 0.333. The number of ether oxygens (including phenoxy) is 2. The van der Waals surface area contributed by atoms with Crippen molar-refractivity contribution in [3.05, 3.63) is 42.0 Å². The Bertz CT molecular complexity index is 884. The van der Waals surface area contributed by atoms with Crippen LogP contribution < -0.4 is 10.1 Å². The van der Waals surface area contributed by atoms with Gasteiger partial charge in [-0.25, -0.2) is 25.1 Å². The summed E-state index contributed by atoms with van der Waals surface area (Å²) in [6.45, 7) is 0.351. The van der Waals surface area contributed by atoms with Crippen molar-refractivity contribution in [1.82, 2.24) is 15.3 Å². The average molecular weight is 354 g/mol. The SMILES string of the molecule is COc1ccc(-c2cncnc2)c2c1CC1(CC2)COC(NC(=O)O)=N1. The Balaban J connectivity index is 1.73. The third-order valence-electron chi connectivity index (χ3n) is 4.86. The van der Waals surface area contributed by atoms with Gasteiger partial charge >= 0.3 is 6.09 Å². The van der Waals surface area contributed by atoms with Crippen LogP contribution in [-0.4, -0.2) is 46.4 Å². The largest absolute Gasteiger partial charge is 0.496 e. The second-order valence-electron chi connectivity index (χ2n) is 6.44. The Morgan fingerprint density at radius 2 is 2.12 bits per heavy atom. The topological polar surface area (TPSA) is 106 Å². The highest BCUT2D eigenvalue weighted by Crippen LogP contribution is 2.42. The number of rotatable bonds is 2. The van der Waals surface area contributed by atoms with Crippen LogP contribution in [0.3, 0.4) is 0 Å². The minimum absolute atomic E-state index is 0.0625. The predicted octanol–water partition coefficient (Wildman–Crippen LogP) is 2.03. The van der Waals surface area contributed by atoms with Crippen LogP contribution in [0.4, 0.5) is 4.79 Å². The Labute approximate surface area is 149 Å². The minimum atomic E-state index is -1.18. The summed E-state index contributed by atoms with van der Waals surface area (Å²) in [5.41, 5.74) is 3.84. The molecule has 1 atom stereocenters. The lowest BCUT2D eigenvalue weighted by Gasteiger charge is -2.32. The van der Waals surface area contributed by atoms with E-state index in [9.17, 15) is 4.79 Å². The van der Waals surface area contributed by atoms with Crippen molar-refractivity contribution in [3.63, 3.8) is 0 Å². The fourth-order valence-electron chi connectivity index (χ4n) is 3.68. The maximum atomic E-state index is 10.8. The van der Waals surface area contributed by atoms with Crippen molar-refractivity contribution < 1.29 is 19.4 Å². The summed E-state index contributed by atoms with van der Waals surface area (Å²) in [5, 5.41) is 11.1. The fourth-order valence-corrected chi connectivity index (χ4v) is 3.68. The molecule has 0 saturated carbocycles. The van der Waals surface area contributed by atoms with Crippen molar-refractivity contribution in [2.24, 2.45) is 4.99 Å². The lowest BCUT2D eigenvalue weighted by molar-refractivity contribution is 0.193. The van der Waals surface area contributed by atoms with Gasteiger partial charge in [-0.2, -0.15) is 0 Å². The van der Waals surface area contributed by atoms with E-state index >= 15 is 0 Å². The Kier molecular flexibility index (Phi) is 3.95. The molecule has 26 heavy (non-hydrogen) atoms. The summed E-state index contributed by atoms with van der Waals surface area (Å²) in [6.07, 6.45) is 6.09. The van der Waals surface area contributed by atoms with E-state index in [2.05, 4.69) is 20.3 Å². The number of hydrogen-bond donors (Lipinski definition) is 2. The smallest absolute Gasteiger partial charge is 0.412 e.